The molecule has 0 unspecified atom stereocenters. The van der Waals surface area contributed by atoms with E-state index in [2.05, 4.69) is 55.5 Å². The van der Waals surface area contributed by atoms with Gasteiger partial charge >= 0.3 is 0 Å². The van der Waals surface area contributed by atoms with Gasteiger partial charge in [0, 0.05) is 27.0 Å². The van der Waals surface area contributed by atoms with E-state index >= 15 is 0 Å². The summed E-state index contributed by atoms with van der Waals surface area (Å²) in [5, 5.41) is 5.03. The molecule has 1 fully saturated rings. The van der Waals surface area contributed by atoms with Crippen molar-refractivity contribution in [1.82, 2.24) is 15.2 Å². The van der Waals surface area contributed by atoms with Crippen LogP contribution in [0.15, 0.2) is 54.6 Å². The van der Waals surface area contributed by atoms with Gasteiger partial charge in [-0.3, -0.25) is 4.79 Å². The molecule has 33 heavy (non-hydrogen) atoms. The van der Waals surface area contributed by atoms with Crippen LogP contribution in [0.25, 0.3) is 10.6 Å². The van der Waals surface area contributed by atoms with Crippen LogP contribution in [0.5, 0.6) is 0 Å². The Morgan fingerprint density at radius 1 is 1.12 bits per heavy atom. The van der Waals surface area contributed by atoms with Crippen LogP contribution in [0.2, 0.25) is 5.02 Å². The highest BCUT2D eigenvalue weighted by Gasteiger charge is 2.37. The predicted octanol–water partition coefficient (Wildman–Crippen LogP) is 5.92. The van der Waals surface area contributed by atoms with Gasteiger partial charge in [0.05, 0.1) is 12.1 Å². The normalized spacial score (nSPS) is 20.7. The molecule has 0 saturated heterocycles. The number of aromatic nitrogens is 1. The van der Waals surface area contributed by atoms with E-state index in [9.17, 15) is 4.79 Å². The third-order valence-electron chi connectivity index (χ3n) is 6.92. The maximum atomic E-state index is 12.8. The first-order chi connectivity index (χ1) is 15.8. The van der Waals surface area contributed by atoms with Crippen LogP contribution in [0, 0.1) is 6.92 Å². The lowest BCUT2D eigenvalue weighted by Crippen LogP contribution is -2.52. The second-order valence-electron chi connectivity index (χ2n) is 9.33. The third kappa shape index (κ3) is 5.84. The van der Waals surface area contributed by atoms with Gasteiger partial charge in [0.15, 0.2) is 0 Å². The zero-order chi connectivity index (χ0) is 23.4. The Balaban J connectivity index is 1.34. The molecule has 1 aliphatic carbocycles. The van der Waals surface area contributed by atoms with Gasteiger partial charge in [0.2, 0.25) is 5.91 Å². The van der Waals surface area contributed by atoms with Crippen molar-refractivity contribution in [3.8, 4) is 10.6 Å². The predicted molar refractivity (Wildman–Crippen MR) is 138 cm³/mol. The van der Waals surface area contributed by atoms with Crippen LogP contribution in [0.1, 0.15) is 41.8 Å². The number of hydrogen-bond acceptors (Lipinski definition) is 4. The second-order valence-corrected chi connectivity index (χ2v) is 11.0. The van der Waals surface area contributed by atoms with Crippen LogP contribution in [-0.2, 0) is 17.6 Å². The molecule has 0 spiro atoms. The number of likely N-dealkylation sites (N-methyl/N-ethyl adjacent to an activating group) is 1. The lowest BCUT2D eigenvalue weighted by molar-refractivity contribution is -0.121. The molecule has 1 aliphatic rings. The lowest BCUT2D eigenvalue weighted by Gasteiger charge is -2.45. The molecular weight excluding hydrogens is 450 g/mol. The van der Waals surface area contributed by atoms with E-state index in [4.69, 9.17) is 16.6 Å². The van der Waals surface area contributed by atoms with Crippen LogP contribution < -0.4 is 5.32 Å². The molecule has 0 atom stereocenters. The molecule has 1 saturated carbocycles. The smallest absolute Gasteiger partial charge is 0.226 e. The Labute approximate surface area is 206 Å². The largest absolute Gasteiger partial charge is 0.353 e. The zero-order valence-electron chi connectivity index (χ0n) is 19.6. The van der Waals surface area contributed by atoms with Crippen molar-refractivity contribution in [3.63, 3.8) is 0 Å². The Hall–Kier alpha value is -2.21. The van der Waals surface area contributed by atoms with Crippen LogP contribution >= 0.6 is 22.9 Å². The number of carbonyl (C=O) groups excluding carboxylic acids is 1. The summed E-state index contributed by atoms with van der Waals surface area (Å²) >= 11 is 7.72. The van der Waals surface area contributed by atoms with E-state index in [1.54, 1.807) is 11.3 Å². The first-order valence-electron chi connectivity index (χ1n) is 11.6. The molecule has 4 nitrogen and oxygen atoms in total. The number of halogens is 1. The molecule has 6 heteroatoms. The highest BCUT2D eigenvalue weighted by atomic mass is 35.5. The highest BCUT2D eigenvalue weighted by Crippen LogP contribution is 2.36. The van der Waals surface area contributed by atoms with Gasteiger partial charge in [0.1, 0.15) is 5.01 Å². The Morgan fingerprint density at radius 3 is 2.42 bits per heavy atom. The fourth-order valence-electron chi connectivity index (χ4n) is 4.79. The number of thiazole rings is 1. The lowest BCUT2D eigenvalue weighted by atomic mass is 9.75. The summed E-state index contributed by atoms with van der Waals surface area (Å²) in [6.45, 7) is 2.05. The maximum absolute atomic E-state index is 12.8. The summed E-state index contributed by atoms with van der Waals surface area (Å²) in [4.78, 5) is 21.1. The van der Waals surface area contributed by atoms with E-state index in [0.717, 1.165) is 58.3 Å². The van der Waals surface area contributed by atoms with Gasteiger partial charge in [-0.1, -0.05) is 54.1 Å². The molecule has 1 heterocycles. The standard InChI is InChI=1S/C27H32ClN3OS/c1-19-24(30-26(33-19)21-7-5-4-6-8-21)17-25(32)29-23-13-15-27(16-14-23,31(2)3)18-20-9-11-22(28)12-10-20/h4-12,23H,13-18H2,1-3H3,(H,29,32). The summed E-state index contributed by atoms with van der Waals surface area (Å²) in [5.74, 6) is 0.0723. The number of rotatable bonds is 7. The minimum atomic E-state index is 0.0723. The first kappa shape index (κ1) is 23.9. The SMILES string of the molecule is Cc1sc(-c2ccccc2)nc1CC(=O)NC1CCC(Cc2ccc(Cl)cc2)(N(C)C)CC1. The number of nitrogens with one attached hydrogen (secondary N) is 1. The van der Waals surface area contributed by atoms with Gasteiger partial charge in [-0.25, -0.2) is 4.98 Å². The molecule has 0 aliphatic heterocycles. The fraction of sp³-hybridized carbons (Fsp3) is 0.407. The van der Waals surface area contributed by atoms with Crippen molar-refractivity contribution >= 4 is 28.8 Å². The van der Waals surface area contributed by atoms with E-state index in [0.29, 0.717) is 6.42 Å². The van der Waals surface area contributed by atoms with Gasteiger partial charge < -0.3 is 10.2 Å². The second kappa shape index (κ2) is 10.4. The average Bonchev–Trinajstić information content (AvgIpc) is 3.17. The van der Waals surface area contributed by atoms with Crippen LogP contribution in [0.3, 0.4) is 0 Å². The number of benzene rings is 2. The molecule has 3 aromatic rings. The zero-order valence-corrected chi connectivity index (χ0v) is 21.2. The molecule has 4 rings (SSSR count). The molecule has 1 aromatic heterocycles. The molecule has 1 N–H and O–H groups in total. The van der Waals surface area contributed by atoms with Crippen molar-refractivity contribution in [2.24, 2.45) is 0 Å². The minimum Gasteiger partial charge on any atom is -0.353 e. The molecule has 2 aromatic carbocycles. The average molecular weight is 482 g/mol. The summed E-state index contributed by atoms with van der Waals surface area (Å²) in [7, 11) is 4.34. The van der Waals surface area contributed by atoms with E-state index in [-0.39, 0.29) is 17.5 Å². The molecule has 1 amide bonds. The van der Waals surface area contributed by atoms with E-state index in [1.165, 1.54) is 5.56 Å². The summed E-state index contributed by atoms with van der Waals surface area (Å²) in [6, 6.07) is 18.6. The number of carbonyl (C=O) groups is 1. The van der Waals surface area contributed by atoms with Crippen molar-refractivity contribution < 1.29 is 4.79 Å². The van der Waals surface area contributed by atoms with Gasteiger partial charge in [-0.05, 0) is 70.8 Å². The molecule has 174 valence electrons. The van der Waals surface area contributed by atoms with Crippen molar-refractivity contribution in [3.05, 3.63) is 75.8 Å². The van der Waals surface area contributed by atoms with Crippen LogP contribution in [-0.4, -0.2) is 41.5 Å². The Bertz CT molecular complexity index is 1070. The highest BCUT2D eigenvalue weighted by molar-refractivity contribution is 7.15. The van der Waals surface area contributed by atoms with Crippen molar-refractivity contribution in [2.45, 2.75) is 57.0 Å². The monoisotopic (exact) mass is 481 g/mol. The van der Waals surface area contributed by atoms with Crippen molar-refractivity contribution in [2.75, 3.05) is 14.1 Å². The van der Waals surface area contributed by atoms with E-state index in [1.807, 2.05) is 30.3 Å². The third-order valence-corrected chi connectivity index (χ3v) is 8.23. The maximum Gasteiger partial charge on any atom is 0.226 e. The van der Waals surface area contributed by atoms with E-state index < -0.39 is 0 Å². The quantitative estimate of drug-likeness (QED) is 0.455. The number of amides is 1. The molecule has 0 radical (unpaired) electrons. The minimum absolute atomic E-state index is 0.0723. The Kier molecular flexibility index (Phi) is 7.52. The number of hydrogen-bond donors (Lipinski definition) is 1. The summed E-state index contributed by atoms with van der Waals surface area (Å²) < 4.78 is 0. The topological polar surface area (TPSA) is 45.2 Å². The van der Waals surface area contributed by atoms with Gasteiger partial charge in [0.25, 0.3) is 0 Å². The molecular formula is C27H32ClN3OS. The Morgan fingerprint density at radius 2 is 1.79 bits per heavy atom. The fourth-order valence-corrected chi connectivity index (χ4v) is 5.85. The summed E-state index contributed by atoms with van der Waals surface area (Å²) in [5.41, 5.74) is 3.41. The van der Waals surface area contributed by atoms with Crippen LogP contribution in [0.4, 0.5) is 0 Å². The van der Waals surface area contributed by atoms with Gasteiger partial charge in [-0.15, -0.1) is 11.3 Å². The van der Waals surface area contributed by atoms with Crippen molar-refractivity contribution in [1.29, 1.82) is 0 Å². The van der Waals surface area contributed by atoms with Gasteiger partial charge in [-0.2, -0.15) is 0 Å². The molecule has 0 bridgehead atoms. The number of aryl methyl sites for hydroxylation is 1. The first-order valence-corrected chi connectivity index (χ1v) is 12.8. The number of nitrogens with zero attached hydrogens (tertiary/aromatic N) is 2. The summed E-state index contributed by atoms with van der Waals surface area (Å²) in [6.07, 6.45) is 5.43.